The number of phenolic OH excluding ortho intramolecular Hbond substituents is 5. The molecule has 0 bridgehead atoms. The van der Waals surface area contributed by atoms with Crippen molar-refractivity contribution >= 4 is 33.7 Å². The highest BCUT2D eigenvalue weighted by Crippen LogP contribution is 2.53. The van der Waals surface area contributed by atoms with Crippen molar-refractivity contribution in [2.24, 2.45) is 5.41 Å². The van der Waals surface area contributed by atoms with E-state index in [1.54, 1.807) is 13.8 Å². The first-order valence-corrected chi connectivity index (χ1v) is 16.5. The zero-order chi connectivity index (χ0) is 41.1. The number of rotatable bonds is 9. The number of aliphatic hydroxyl groups is 1. The molecular formula is C40H30F6O10. The molecule has 0 aromatic heterocycles. The molecule has 0 amide bonds. The van der Waals surface area contributed by atoms with Gasteiger partial charge in [0.2, 0.25) is 0 Å². The van der Waals surface area contributed by atoms with Crippen molar-refractivity contribution in [3.05, 3.63) is 112 Å². The largest absolute Gasteiger partial charge is 0.573 e. The van der Waals surface area contributed by atoms with Gasteiger partial charge in [0.25, 0.3) is 0 Å². The van der Waals surface area contributed by atoms with Crippen molar-refractivity contribution in [3.63, 3.8) is 0 Å². The Morgan fingerprint density at radius 2 is 1.07 bits per heavy atom. The summed E-state index contributed by atoms with van der Waals surface area (Å²) in [4.78, 5) is 27.1. The predicted molar refractivity (Wildman–Crippen MR) is 188 cm³/mol. The molecule has 1 aliphatic rings. The molecule has 0 fully saturated rings. The van der Waals surface area contributed by atoms with E-state index in [4.69, 9.17) is 0 Å². The number of benzene rings is 5. The molecule has 5 aromatic carbocycles. The lowest BCUT2D eigenvalue weighted by molar-refractivity contribution is -0.275. The summed E-state index contributed by atoms with van der Waals surface area (Å²) >= 11 is 0. The van der Waals surface area contributed by atoms with Crippen LogP contribution in [0.5, 0.6) is 40.2 Å². The minimum Gasteiger partial charge on any atom is -0.507 e. The van der Waals surface area contributed by atoms with Gasteiger partial charge in [0.05, 0.1) is 11.1 Å². The summed E-state index contributed by atoms with van der Waals surface area (Å²) in [5.74, 6) is -6.79. The SMILES string of the molecule is CC1(C)Cc2c(cc(O)c(O)c2C(=O)Cc2ccc(OC(F)(F)F)cc2)C(O)=C1c1ccc2c(C(=O)Cc3ccc(OC(F)(F)F)cc3)c(O)c(O)cc2c1O. The number of carbonyl (C=O) groups is 2. The minimum atomic E-state index is -4.93. The van der Waals surface area contributed by atoms with Gasteiger partial charge >= 0.3 is 12.7 Å². The van der Waals surface area contributed by atoms with E-state index in [0.717, 1.165) is 36.4 Å². The van der Waals surface area contributed by atoms with Crippen LogP contribution in [0.4, 0.5) is 26.3 Å². The topological polar surface area (TPSA) is 174 Å². The second-order valence-electron chi connectivity index (χ2n) is 13.7. The van der Waals surface area contributed by atoms with Gasteiger partial charge in [-0.2, -0.15) is 0 Å². The summed E-state index contributed by atoms with van der Waals surface area (Å²) in [6.45, 7) is 3.30. The fraction of sp³-hybridized carbons (Fsp3) is 0.200. The predicted octanol–water partition coefficient (Wildman–Crippen LogP) is 9.02. The Bertz CT molecular complexity index is 2430. The third-order valence-corrected chi connectivity index (χ3v) is 9.29. The van der Waals surface area contributed by atoms with Gasteiger partial charge in [-0.1, -0.05) is 50.2 Å². The fourth-order valence-electron chi connectivity index (χ4n) is 6.95. The Balaban J connectivity index is 1.38. The van der Waals surface area contributed by atoms with E-state index in [0.29, 0.717) is 0 Å². The number of ketones is 2. The lowest BCUT2D eigenvalue weighted by atomic mass is 9.68. The van der Waals surface area contributed by atoms with Gasteiger partial charge in [-0.25, -0.2) is 0 Å². The first-order chi connectivity index (χ1) is 26.0. The zero-order valence-electron chi connectivity index (χ0n) is 29.1. The van der Waals surface area contributed by atoms with Gasteiger partial charge in [0.15, 0.2) is 34.6 Å². The summed E-state index contributed by atoms with van der Waals surface area (Å²) in [5, 5.41) is 66.2. The van der Waals surface area contributed by atoms with E-state index >= 15 is 0 Å². The molecule has 0 aliphatic heterocycles. The van der Waals surface area contributed by atoms with Crippen LogP contribution in [-0.4, -0.2) is 54.9 Å². The molecule has 0 saturated heterocycles. The number of halogens is 6. The van der Waals surface area contributed by atoms with E-state index < -0.39 is 94.1 Å². The molecule has 6 N–H and O–H groups in total. The van der Waals surface area contributed by atoms with Crippen LogP contribution in [-0.2, 0) is 19.3 Å². The standard InChI is InChI=1S/C40H30F6O10/c1-38(2)17-26-25(16-30(50)37(54)32(26)28(48)14-19-5-9-21(10-6-19)56-40(44,45)46)35(52)33(38)23-12-11-22-24(34(23)51)15-29(49)36(53)31(22)27(47)13-18-3-7-20(8-4-18)55-39(41,42)43/h3-12,15-16,49-54H,13-14,17H2,1-2H3. The van der Waals surface area contributed by atoms with Gasteiger partial charge in [-0.15, -0.1) is 26.3 Å². The molecule has 0 unspecified atom stereocenters. The average Bonchev–Trinajstić information content (AvgIpc) is 3.08. The van der Waals surface area contributed by atoms with Crippen LogP contribution in [0.1, 0.15) is 62.4 Å². The number of aromatic hydroxyl groups is 5. The monoisotopic (exact) mass is 784 g/mol. The Hall–Kier alpha value is -6.58. The second-order valence-corrected chi connectivity index (χ2v) is 13.7. The summed E-state index contributed by atoms with van der Waals surface area (Å²) in [6.07, 6.45) is -10.8. The number of phenols is 5. The molecule has 56 heavy (non-hydrogen) atoms. The van der Waals surface area contributed by atoms with E-state index in [2.05, 4.69) is 9.47 Å². The lowest BCUT2D eigenvalue weighted by Crippen LogP contribution is -2.26. The zero-order valence-corrected chi connectivity index (χ0v) is 29.1. The summed E-state index contributed by atoms with van der Waals surface area (Å²) in [6, 6.07) is 13.6. The van der Waals surface area contributed by atoms with Crippen molar-refractivity contribution in [2.45, 2.75) is 45.8 Å². The van der Waals surface area contributed by atoms with Crippen molar-refractivity contribution < 1.29 is 76.0 Å². The van der Waals surface area contributed by atoms with Crippen LogP contribution in [0.2, 0.25) is 0 Å². The number of alkyl halides is 6. The third kappa shape index (κ3) is 7.67. The molecule has 0 atom stereocenters. The van der Waals surface area contributed by atoms with Crippen LogP contribution in [0.25, 0.3) is 22.1 Å². The highest BCUT2D eigenvalue weighted by Gasteiger charge is 2.40. The maximum Gasteiger partial charge on any atom is 0.573 e. The van der Waals surface area contributed by atoms with Gasteiger partial charge in [0, 0.05) is 40.3 Å². The molecule has 10 nitrogen and oxygen atoms in total. The van der Waals surface area contributed by atoms with Crippen molar-refractivity contribution in [1.82, 2.24) is 0 Å². The molecular weight excluding hydrogens is 754 g/mol. The number of Topliss-reactive ketones (excluding diaryl/α,β-unsaturated/α-hetero) is 2. The Labute approximate surface area is 312 Å². The van der Waals surface area contributed by atoms with Crippen LogP contribution < -0.4 is 9.47 Å². The maximum atomic E-state index is 13.6. The Morgan fingerprint density at radius 3 is 1.57 bits per heavy atom. The molecule has 292 valence electrons. The van der Waals surface area contributed by atoms with E-state index in [1.165, 1.54) is 36.4 Å². The average molecular weight is 785 g/mol. The molecule has 0 saturated carbocycles. The van der Waals surface area contributed by atoms with Crippen LogP contribution in [0.15, 0.2) is 72.8 Å². The van der Waals surface area contributed by atoms with Gasteiger partial charge in [-0.3, -0.25) is 9.59 Å². The number of fused-ring (bicyclic) bond motifs is 2. The quantitative estimate of drug-likeness (QED) is 0.0481. The second kappa shape index (κ2) is 13.9. The number of hydrogen-bond donors (Lipinski definition) is 6. The fourth-order valence-corrected chi connectivity index (χ4v) is 6.95. The third-order valence-electron chi connectivity index (χ3n) is 9.29. The lowest BCUT2D eigenvalue weighted by Gasteiger charge is -2.36. The van der Waals surface area contributed by atoms with Gasteiger partial charge < -0.3 is 40.1 Å². The number of ether oxygens (including phenoxy) is 2. The highest BCUT2D eigenvalue weighted by atomic mass is 19.4. The maximum absolute atomic E-state index is 13.6. The number of carbonyl (C=O) groups excluding carboxylic acids is 2. The normalized spacial score (nSPS) is 14.1. The van der Waals surface area contributed by atoms with Crippen molar-refractivity contribution in [1.29, 1.82) is 0 Å². The smallest absolute Gasteiger partial charge is 0.507 e. The molecule has 16 heteroatoms. The van der Waals surface area contributed by atoms with E-state index in [1.807, 2.05) is 0 Å². The molecule has 5 aromatic rings. The van der Waals surface area contributed by atoms with Crippen LogP contribution in [0, 0.1) is 5.41 Å². The Morgan fingerprint density at radius 1 is 0.607 bits per heavy atom. The minimum absolute atomic E-state index is 0.00370. The summed E-state index contributed by atoms with van der Waals surface area (Å²) in [5.41, 5.74) is -1.28. The van der Waals surface area contributed by atoms with Crippen LogP contribution in [0.3, 0.4) is 0 Å². The summed E-state index contributed by atoms with van der Waals surface area (Å²) in [7, 11) is 0. The highest BCUT2D eigenvalue weighted by molar-refractivity contribution is 6.14. The van der Waals surface area contributed by atoms with E-state index in [-0.39, 0.29) is 56.1 Å². The Kier molecular flexibility index (Phi) is 9.73. The molecule has 0 spiro atoms. The van der Waals surface area contributed by atoms with Gasteiger partial charge in [0.1, 0.15) is 23.0 Å². The van der Waals surface area contributed by atoms with E-state index in [9.17, 15) is 66.6 Å². The number of allylic oxidation sites excluding steroid dienone is 1. The number of hydrogen-bond acceptors (Lipinski definition) is 10. The number of aliphatic hydroxyl groups excluding tert-OH is 1. The molecule has 0 radical (unpaired) electrons. The van der Waals surface area contributed by atoms with Crippen LogP contribution >= 0.6 is 0 Å². The molecule has 1 aliphatic carbocycles. The molecule has 6 rings (SSSR count). The van der Waals surface area contributed by atoms with Gasteiger partial charge in [-0.05, 0) is 64.9 Å². The van der Waals surface area contributed by atoms with Crippen molar-refractivity contribution in [2.75, 3.05) is 0 Å². The first kappa shape index (κ1) is 39.1. The summed E-state index contributed by atoms with van der Waals surface area (Å²) < 4.78 is 83.2. The molecule has 0 heterocycles. The van der Waals surface area contributed by atoms with Crippen molar-refractivity contribution in [3.8, 4) is 40.2 Å². The first-order valence-electron chi connectivity index (χ1n) is 16.5.